The van der Waals surface area contributed by atoms with Crippen LogP contribution in [-0.4, -0.2) is 17.6 Å². The summed E-state index contributed by atoms with van der Waals surface area (Å²) < 4.78 is 0. The van der Waals surface area contributed by atoms with Gasteiger partial charge in [-0.15, -0.1) is 12.6 Å². The minimum absolute atomic E-state index is 0.371. The number of carbonyl (C=O) groups is 1. The van der Waals surface area contributed by atoms with Crippen LogP contribution in [0.5, 0.6) is 0 Å². The molecule has 1 heterocycles. The van der Waals surface area contributed by atoms with Gasteiger partial charge in [-0.05, 0) is 13.0 Å². The maximum Gasteiger partial charge on any atom is 0.274 e. The van der Waals surface area contributed by atoms with Gasteiger partial charge in [0.25, 0.3) is 5.91 Å². The summed E-state index contributed by atoms with van der Waals surface area (Å²) in [5.41, 5.74) is 1.31. The molecule has 1 aromatic carbocycles. The summed E-state index contributed by atoms with van der Waals surface area (Å²) in [6.07, 6.45) is 0. The first kappa shape index (κ1) is 9.55. The number of amides is 1. The van der Waals surface area contributed by atoms with E-state index in [1.807, 2.05) is 19.1 Å². The van der Waals surface area contributed by atoms with Crippen LogP contribution in [0.3, 0.4) is 0 Å². The summed E-state index contributed by atoms with van der Waals surface area (Å²) in [5.74, 6) is -0.371. The number of para-hydroxylation sites is 1. The van der Waals surface area contributed by atoms with Crippen molar-refractivity contribution < 1.29 is 9.90 Å². The van der Waals surface area contributed by atoms with Crippen molar-refractivity contribution in [2.75, 3.05) is 11.4 Å². The number of benzene rings is 1. The molecule has 3 nitrogen and oxygen atoms in total. The van der Waals surface area contributed by atoms with Crippen LogP contribution in [0.15, 0.2) is 24.3 Å². The van der Waals surface area contributed by atoms with E-state index in [1.165, 1.54) is 4.90 Å². The third kappa shape index (κ3) is 1.07. The Labute approximate surface area is 87.8 Å². The molecule has 4 heteroatoms. The summed E-state index contributed by atoms with van der Waals surface area (Å²) >= 11 is 4.00. The molecule has 1 amide bonds. The van der Waals surface area contributed by atoms with E-state index in [0.29, 0.717) is 12.1 Å². The second kappa shape index (κ2) is 3.00. The molecule has 1 N–H and O–H groups in total. The number of nitrogens with zero attached hydrogens (tertiary/aromatic N) is 1. The van der Waals surface area contributed by atoms with Crippen molar-refractivity contribution in [2.45, 2.75) is 11.9 Å². The van der Waals surface area contributed by atoms with Gasteiger partial charge in [0.2, 0.25) is 4.93 Å². The monoisotopic (exact) mass is 209 g/mol. The topological polar surface area (TPSA) is 40.5 Å². The molecule has 2 rings (SSSR count). The predicted octanol–water partition coefficient (Wildman–Crippen LogP) is 1.13. The summed E-state index contributed by atoms with van der Waals surface area (Å²) in [4.78, 5) is 11.6. The Kier molecular flexibility index (Phi) is 2.05. The molecule has 0 bridgehead atoms. The molecule has 0 saturated carbocycles. The molecule has 14 heavy (non-hydrogen) atoms. The van der Waals surface area contributed by atoms with E-state index >= 15 is 0 Å². The van der Waals surface area contributed by atoms with Crippen LogP contribution in [0.1, 0.15) is 12.5 Å². The first-order valence-corrected chi connectivity index (χ1v) is 4.90. The van der Waals surface area contributed by atoms with E-state index in [4.69, 9.17) is 0 Å². The number of carbonyl (C=O) groups excluding carboxylic acids is 1. The average molecular weight is 209 g/mol. The standard InChI is InChI=1S/C10H11NO2S/c1-2-11-8-6-4-3-5-7(8)10(13,14)9(11)12/h3-6,13-14H,2H2,1H3/t10-/m1/s1. The fraction of sp³-hybridized carbons (Fsp3) is 0.300. The van der Waals surface area contributed by atoms with Crippen LogP contribution < -0.4 is 4.90 Å². The average Bonchev–Trinajstić information content (AvgIpc) is 2.37. The Morgan fingerprint density at radius 1 is 1.50 bits per heavy atom. The highest BCUT2D eigenvalue weighted by Gasteiger charge is 2.46. The first-order valence-electron chi connectivity index (χ1n) is 4.45. The molecule has 0 radical (unpaired) electrons. The third-order valence-electron chi connectivity index (χ3n) is 2.43. The maximum absolute atomic E-state index is 11.7. The second-order valence-electron chi connectivity index (χ2n) is 3.24. The molecule has 0 fully saturated rings. The third-order valence-corrected chi connectivity index (χ3v) is 2.86. The van der Waals surface area contributed by atoms with Gasteiger partial charge in [-0.3, -0.25) is 4.79 Å². The van der Waals surface area contributed by atoms with Crippen molar-refractivity contribution in [1.82, 2.24) is 0 Å². The molecule has 0 aromatic heterocycles. The molecule has 0 saturated heterocycles. The van der Waals surface area contributed by atoms with E-state index < -0.39 is 4.93 Å². The smallest absolute Gasteiger partial charge is 0.274 e. The summed E-state index contributed by atoms with van der Waals surface area (Å²) in [7, 11) is 0. The maximum atomic E-state index is 11.7. The molecule has 1 atom stereocenters. The number of hydrogen-bond donors (Lipinski definition) is 2. The first-order chi connectivity index (χ1) is 6.59. The van der Waals surface area contributed by atoms with Crippen molar-refractivity contribution in [3.63, 3.8) is 0 Å². The van der Waals surface area contributed by atoms with Gasteiger partial charge in [-0.2, -0.15) is 0 Å². The van der Waals surface area contributed by atoms with Crippen molar-refractivity contribution in [3.05, 3.63) is 29.8 Å². The lowest BCUT2D eigenvalue weighted by molar-refractivity contribution is -0.128. The van der Waals surface area contributed by atoms with E-state index in [-0.39, 0.29) is 5.91 Å². The van der Waals surface area contributed by atoms with Gasteiger partial charge in [-0.25, -0.2) is 0 Å². The number of likely N-dealkylation sites (N-methyl/N-ethyl adjacent to an activating group) is 1. The second-order valence-corrected chi connectivity index (χ2v) is 3.89. The molecule has 74 valence electrons. The molecular formula is C10H11NO2S. The minimum atomic E-state index is -1.66. The van der Waals surface area contributed by atoms with Crippen molar-refractivity contribution in [1.29, 1.82) is 0 Å². The van der Waals surface area contributed by atoms with Crippen LogP contribution >= 0.6 is 12.6 Å². The Bertz CT molecular complexity index is 389. The van der Waals surface area contributed by atoms with Gasteiger partial charge >= 0.3 is 0 Å². The van der Waals surface area contributed by atoms with Gasteiger partial charge in [0.15, 0.2) is 0 Å². The Morgan fingerprint density at radius 2 is 2.14 bits per heavy atom. The molecule has 1 aliphatic heterocycles. The van der Waals surface area contributed by atoms with Gasteiger partial charge in [0, 0.05) is 12.1 Å². The van der Waals surface area contributed by atoms with Gasteiger partial charge in [-0.1, -0.05) is 18.2 Å². The Hall–Kier alpha value is -1.00. The molecule has 0 spiro atoms. The number of fused-ring (bicyclic) bond motifs is 1. The van der Waals surface area contributed by atoms with Crippen LogP contribution in [0.2, 0.25) is 0 Å². The van der Waals surface area contributed by atoms with Crippen LogP contribution in [0, 0.1) is 0 Å². The van der Waals surface area contributed by atoms with Gasteiger partial charge < -0.3 is 10.0 Å². The van der Waals surface area contributed by atoms with Gasteiger partial charge in [0.1, 0.15) is 0 Å². The van der Waals surface area contributed by atoms with Crippen LogP contribution in [0.25, 0.3) is 0 Å². The fourth-order valence-corrected chi connectivity index (χ4v) is 2.04. The lowest BCUT2D eigenvalue weighted by Crippen LogP contribution is -2.36. The van der Waals surface area contributed by atoms with Gasteiger partial charge in [0.05, 0.1) is 5.69 Å². The zero-order chi connectivity index (χ0) is 10.3. The summed E-state index contributed by atoms with van der Waals surface area (Å²) in [6.45, 7) is 2.41. The molecule has 0 unspecified atom stereocenters. The van der Waals surface area contributed by atoms with E-state index in [2.05, 4.69) is 12.6 Å². The Balaban J connectivity index is 2.62. The fourth-order valence-electron chi connectivity index (χ4n) is 1.73. The van der Waals surface area contributed by atoms with Crippen molar-refractivity contribution >= 4 is 24.2 Å². The van der Waals surface area contributed by atoms with E-state index in [1.54, 1.807) is 12.1 Å². The van der Waals surface area contributed by atoms with Crippen molar-refractivity contribution in [3.8, 4) is 0 Å². The number of anilines is 1. The highest BCUT2D eigenvalue weighted by atomic mass is 32.1. The highest BCUT2D eigenvalue weighted by Crippen LogP contribution is 2.41. The normalized spacial score (nSPS) is 25.4. The largest absolute Gasteiger partial charge is 0.367 e. The minimum Gasteiger partial charge on any atom is -0.367 e. The lowest BCUT2D eigenvalue weighted by atomic mass is 10.1. The van der Waals surface area contributed by atoms with Crippen LogP contribution in [0.4, 0.5) is 5.69 Å². The van der Waals surface area contributed by atoms with Crippen molar-refractivity contribution in [2.24, 2.45) is 0 Å². The molecular weight excluding hydrogens is 198 g/mol. The number of rotatable bonds is 1. The van der Waals surface area contributed by atoms with E-state index in [9.17, 15) is 9.90 Å². The lowest BCUT2D eigenvalue weighted by Gasteiger charge is -2.16. The summed E-state index contributed by atoms with van der Waals surface area (Å²) in [6, 6.07) is 7.15. The van der Waals surface area contributed by atoms with E-state index in [0.717, 1.165) is 5.69 Å². The quantitative estimate of drug-likeness (QED) is 0.537. The molecule has 0 aliphatic carbocycles. The molecule has 1 aromatic rings. The summed E-state index contributed by atoms with van der Waals surface area (Å²) in [5, 5.41) is 9.89. The number of thiol groups is 1. The Morgan fingerprint density at radius 3 is 2.79 bits per heavy atom. The SMILES string of the molecule is CCN1C(=O)[C@](O)(S)c2ccccc21. The number of hydrogen-bond acceptors (Lipinski definition) is 3. The van der Waals surface area contributed by atoms with Crippen LogP contribution in [-0.2, 0) is 9.73 Å². The predicted molar refractivity (Wildman–Crippen MR) is 57.4 cm³/mol. The zero-order valence-electron chi connectivity index (χ0n) is 7.77. The number of aliphatic hydroxyl groups is 1. The molecule has 1 aliphatic rings. The zero-order valence-corrected chi connectivity index (χ0v) is 8.66. The highest BCUT2D eigenvalue weighted by molar-refractivity contribution is 7.82.